The Labute approximate surface area is 165 Å². The molecule has 0 bridgehead atoms. The summed E-state index contributed by atoms with van der Waals surface area (Å²) in [4.78, 5) is 28.5. The van der Waals surface area contributed by atoms with Gasteiger partial charge in [-0.2, -0.15) is 0 Å². The normalized spacial score (nSPS) is 14.7. The van der Waals surface area contributed by atoms with Gasteiger partial charge in [0.2, 0.25) is 11.8 Å². The third-order valence-electron chi connectivity index (χ3n) is 4.93. The van der Waals surface area contributed by atoms with Gasteiger partial charge < -0.3 is 10.2 Å². The lowest BCUT2D eigenvalue weighted by atomic mass is 10.1. The highest BCUT2D eigenvalue weighted by molar-refractivity contribution is 5.92. The first-order valence-corrected chi connectivity index (χ1v) is 9.61. The third kappa shape index (κ3) is 5.89. The van der Waals surface area contributed by atoms with Crippen LogP contribution in [0.4, 0.5) is 10.1 Å². The number of rotatable bonds is 6. The first kappa shape index (κ1) is 20.0. The van der Waals surface area contributed by atoms with Gasteiger partial charge in [0.05, 0.1) is 6.54 Å². The van der Waals surface area contributed by atoms with Crippen molar-refractivity contribution in [3.8, 4) is 0 Å². The van der Waals surface area contributed by atoms with Gasteiger partial charge in [-0.25, -0.2) is 4.39 Å². The molecule has 1 heterocycles. The lowest BCUT2D eigenvalue weighted by molar-refractivity contribution is -0.133. The van der Waals surface area contributed by atoms with E-state index in [4.69, 9.17) is 0 Å². The van der Waals surface area contributed by atoms with E-state index in [9.17, 15) is 14.0 Å². The van der Waals surface area contributed by atoms with Crippen molar-refractivity contribution in [2.45, 2.75) is 19.8 Å². The summed E-state index contributed by atoms with van der Waals surface area (Å²) in [6.45, 7) is 4.94. The lowest BCUT2D eigenvalue weighted by Gasteiger charge is -2.34. The van der Waals surface area contributed by atoms with Crippen LogP contribution in [-0.4, -0.2) is 54.3 Å². The number of hydrogen-bond acceptors (Lipinski definition) is 3. The molecule has 0 unspecified atom stereocenters. The van der Waals surface area contributed by atoms with Crippen molar-refractivity contribution in [3.05, 3.63) is 65.5 Å². The number of nitrogens with zero attached hydrogens (tertiary/aromatic N) is 2. The van der Waals surface area contributed by atoms with E-state index in [0.717, 1.165) is 6.42 Å². The van der Waals surface area contributed by atoms with E-state index >= 15 is 0 Å². The maximum atomic E-state index is 12.9. The van der Waals surface area contributed by atoms with Crippen molar-refractivity contribution in [3.63, 3.8) is 0 Å². The molecule has 0 saturated carbocycles. The zero-order valence-electron chi connectivity index (χ0n) is 16.2. The van der Waals surface area contributed by atoms with Crippen LogP contribution in [0.15, 0.2) is 48.5 Å². The van der Waals surface area contributed by atoms with E-state index in [1.807, 2.05) is 15.9 Å². The summed E-state index contributed by atoms with van der Waals surface area (Å²) in [7, 11) is 0. The minimum atomic E-state index is -0.332. The molecule has 0 aliphatic carbocycles. The molecule has 148 valence electrons. The van der Waals surface area contributed by atoms with E-state index in [1.165, 1.54) is 35.4 Å². The van der Waals surface area contributed by atoms with E-state index in [1.54, 1.807) is 0 Å². The predicted molar refractivity (Wildman–Crippen MR) is 108 cm³/mol. The monoisotopic (exact) mass is 383 g/mol. The van der Waals surface area contributed by atoms with Crippen LogP contribution in [0.25, 0.3) is 0 Å². The van der Waals surface area contributed by atoms with Gasteiger partial charge in [0.15, 0.2) is 0 Å². The Kier molecular flexibility index (Phi) is 6.76. The van der Waals surface area contributed by atoms with Gasteiger partial charge >= 0.3 is 0 Å². The van der Waals surface area contributed by atoms with Crippen molar-refractivity contribution >= 4 is 17.5 Å². The molecule has 1 fully saturated rings. The van der Waals surface area contributed by atoms with Crippen LogP contribution < -0.4 is 5.32 Å². The quantitative estimate of drug-likeness (QED) is 0.835. The molecule has 1 N–H and O–H groups in total. The second-order valence-electron chi connectivity index (χ2n) is 7.20. The molecule has 0 atom stereocenters. The summed E-state index contributed by atoms with van der Waals surface area (Å²) in [5, 5.41) is 2.77. The Balaban J connectivity index is 1.39. The Morgan fingerprint density at radius 1 is 1.04 bits per heavy atom. The van der Waals surface area contributed by atoms with Gasteiger partial charge in [-0.15, -0.1) is 0 Å². The fourth-order valence-electron chi connectivity index (χ4n) is 3.37. The predicted octanol–water partition coefficient (Wildman–Crippen LogP) is 2.85. The molecule has 28 heavy (non-hydrogen) atoms. The number of hydrogen-bond donors (Lipinski definition) is 1. The van der Waals surface area contributed by atoms with Gasteiger partial charge in [-0.1, -0.05) is 29.8 Å². The second kappa shape index (κ2) is 9.46. The summed E-state index contributed by atoms with van der Waals surface area (Å²) in [6.07, 6.45) is 1.26. The van der Waals surface area contributed by atoms with Crippen molar-refractivity contribution in [1.82, 2.24) is 9.80 Å². The maximum Gasteiger partial charge on any atom is 0.238 e. The van der Waals surface area contributed by atoms with Crippen molar-refractivity contribution in [2.75, 3.05) is 38.0 Å². The average Bonchev–Trinajstić information content (AvgIpc) is 2.68. The Bertz CT molecular complexity index is 815. The standard InChI is InChI=1S/C22H26FN3O2/c1-17-3-2-4-18(15-17)5-10-22(28)26-13-11-25(12-14-26)16-21(27)24-20-8-6-19(23)7-9-20/h2-4,6-9,15H,5,10-14,16H2,1H3,(H,24,27). The average molecular weight is 383 g/mol. The van der Waals surface area contributed by atoms with E-state index in [2.05, 4.69) is 30.4 Å². The molecular formula is C22H26FN3O2. The molecule has 2 aromatic rings. The zero-order chi connectivity index (χ0) is 19.9. The van der Waals surface area contributed by atoms with Gasteiger partial charge in [0, 0.05) is 38.3 Å². The van der Waals surface area contributed by atoms with Crippen LogP contribution in [0, 0.1) is 12.7 Å². The zero-order valence-corrected chi connectivity index (χ0v) is 16.2. The van der Waals surface area contributed by atoms with Gasteiger partial charge in [-0.3, -0.25) is 14.5 Å². The van der Waals surface area contributed by atoms with Gasteiger partial charge in [0.25, 0.3) is 0 Å². The number of carbonyl (C=O) groups excluding carboxylic acids is 2. The largest absolute Gasteiger partial charge is 0.340 e. The van der Waals surface area contributed by atoms with E-state index < -0.39 is 0 Å². The van der Waals surface area contributed by atoms with Crippen LogP contribution in [0.5, 0.6) is 0 Å². The van der Waals surface area contributed by atoms with Crippen LogP contribution in [-0.2, 0) is 16.0 Å². The van der Waals surface area contributed by atoms with E-state index in [0.29, 0.717) is 38.3 Å². The first-order chi connectivity index (χ1) is 13.5. The molecule has 2 aromatic carbocycles. The SMILES string of the molecule is Cc1cccc(CCC(=O)N2CCN(CC(=O)Nc3ccc(F)cc3)CC2)c1. The Morgan fingerprint density at radius 2 is 1.75 bits per heavy atom. The number of amides is 2. The number of benzene rings is 2. The summed E-state index contributed by atoms with van der Waals surface area (Å²) in [6, 6.07) is 14.0. The smallest absolute Gasteiger partial charge is 0.238 e. The first-order valence-electron chi connectivity index (χ1n) is 9.61. The molecule has 6 heteroatoms. The molecule has 5 nitrogen and oxygen atoms in total. The summed E-state index contributed by atoms with van der Waals surface area (Å²) >= 11 is 0. The number of halogens is 1. The second-order valence-corrected chi connectivity index (χ2v) is 7.20. The number of nitrogens with one attached hydrogen (secondary N) is 1. The van der Waals surface area contributed by atoms with Crippen LogP contribution >= 0.6 is 0 Å². The molecule has 0 aromatic heterocycles. The minimum Gasteiger partial charge on any atom is -0.340 e. The Hall–Kier alpha value is -2.73. The highest BCUT2D eigenvalue weighted by Gasteiger charge is 2.22. The van der Waals surface area contributed by atoms with Crippen molar-refractivity contribution in [2.24, 2.45) is 0 Å². The number of anilines is 1. The molecule has 1 saturated heterocycles. The number of carbonyl (C=O) groups is 2. The molecule has 3 rings (SSSR count). The Morgan fingerprint density at radius 3 is 2.43 bits per heavy atom. The summed E-state index contributed by atoms with van der Waals surface area (Å²) < 4.78 is 12.9. The maximum absolute atomic E-state index is 12.9. The van der Waals surface area contributed by atoms with Gasteiger partial charge in [0.1, 0.15) is 5.82 Å². The number of aryl methyl sites for hydroxylation is 2. The molecular weight excluding hydrogens is 357 g/mol. The highest BCUT2D eigenvalue weighted by atomic mass is 19.1. The van der Waals surface area contributed by atoms with Crippen LogP contribution in [0.3, 0.4) is 0 Å². The molecule has 1 aliphatic heterocycles. The summed E-state index contributed by atoms with van der Waals surface area (Å²) in [5.74, 6) is -0.302. The van der Waals surface area contributed by atoms with E-state index in [-0.39, 0.29) is 24.2 Å². The lowest BCUT2D eigenvalue weighted by Crippen LogP contribution is -2.50. The van der Waals surface area contributed by atoms with Crippen molar-refractivity contribution in [1.29, 1.82) is 0 Å². The van der Waals surface area contributed by atoms with Crippen molar-refractivity contribution < 1.29 is 14.0 Å². The fraction of sp³-hybridized carbons (Fsp3) is 0.364. The van der Waals surface area contributed by atoms with Crippen LogP contribution in [0.1, 0.15) is 17.5 Å². The van der Waals surface area contributed by atoms with Gasteiger partial charge in [-0.05, 0) is 43.2 Å². The highest BCUT2D eigenvalue weighted by Crippen LogP contribution is 2.11. The number of piperazine rings is 1. The third-order valence-corrected chi connectivity index (χ3v) is 4.93. The topological polar surface area (TPSA) is 52.7 Å². The molecule has 2 amide bonds. The van der Waals surface area contributed by atoms with Crippen LogP contribution in [0.2, 0.25) is 0 Å². The molecule has 1 aliphatic rings. The fourth-order valence-corrected chi connectivity index (χ4v) is 3.37. The molecule has 0 radical (unpaired) electrons. The molecule has 0 spiro atoms. The summed E-state index contributed by atoms with van der Waals surface area (Å²) in [5.41, 5.74) is 2.97. The minimum absolute atomic E-state index is 0.133.